The molecule has 0 aliphatic carbocycles. The van der Waals surface area contributed by atoms with Gasteiger partial charge in [-0.15, -0.1) is 0 Å². The summed E-state index contributed by atoms with van der Waals surface area (Å²) in [6.07, 6.45) is 3.95. The molecule has 7 nitrogen and oxygen atoms in total. The number of pyridine rings is 1. The average molecular weight is 506 g/mol. The molecule has 2 aromatic carbocycles. The molecule has 2 bridgehead atoms. The molecule has 3 saturated heterocycles. The molecule has 184 valence electrons. The van der Waals surface area contributed by atoms with Crippen molar-refractivity contribution in [1.82, 2.24) is 20.3 Å². The quantitative estimate of drug-likeness (QED) is 0.425. The normalized spacial score (nSPS) is 21.8. The Morgan fingerprint density at radius 3 is 2.61 bits per heavy atom. The van der Waals surface area contributed by atoms with Gasteiger partial charge in [0.1, 0.15) is 17.0 Å². The first kappa shape index (κ1) is 22.2. The van der Waals surface area contributed by atoms with Crippen LogP contribution in [0.25, 0.3) is 32.9 Å². The molecule has 5 heterocycles. The number of ether oxygens (including phenoxy) is 2. The minimum absolute atomic E-state index is 0.183. The fraction of sp³-hybridized carbons (Fsp3) is 0.370. The van der Waals surface area contributed by atoms with E-state index in [4.69, 9.17) is 26.1 Å². The highest BCUT2D eigenvalue weighted by atomic mass is 35.5. The average Bonchev–Trinajstić information content (AvgIpc) is 3.20. The van der Waals surface area contributed by atoms with Crippen LogP contribution in [0.5, 0.6) is 6.01 Å². The van der Waals surface area contributed by atoms with Gasteiger partial charge in [0.2, 0.25) is 0 Å². The molecule has 3 fully saturated rings. The Morgan fingerprint density at radius 1 is 1.08 bits per heavy atom. The van der Waals surface area contributed by atoms with Gasteiger partial charge in [0.15, 0.2) is 5.82 Å². The highest BCUT2D eigenvalue weighted by Crippen LogP contribution is 2.38. The van der Waals surface area contributed by atoms with Crippen molar-refractivity contribution >= 4 is 39.1 Å². The maximum absolute atomic E-state index is 16.3. The number of halogens is 2. The minimum atomic E-state index is -0.501. The maximum Gasteiger partial charge on any atom is 0.319 e. The van der Waals surface area contributed by atoms with Crippen molar-refractivity contribution in [3.8, 4) is 17.3 Å². The highest BCUT2D eigenvalue weighted by Gasteiger charge is 2.34. The lowest BCUT2D eigenvalue weighted by atomic mass is 10.0. The summed E-state index contributed by atoms with van der Waals surface area (Å²) in [5, 5.41) is 6.47. The molecular formula is C27H25ClFN5O2. The minimum Gasteiger partial charge on any atom is -0.463 e. The number of nitrogens with one attached hydrogen (secondary N) is 1. The van der Waals surface area contributed by atoms with Gasteiger partial charge in [-0.1, -0.05) is 41.9 Å². The fourth-order valence-electron chi connectivity index (χ4n) is 5.55. The van der Waals surface area contributed by atoms with Crippen LogP contribution in [0.3, 0.4) is 0 Å². The summed E-state index contributed by atoms with van der Waals surface area (Å²) in [5.74, 6) is 0.476. The van der Waals surface area contributed by atoms with Crippen molar-refractivity contribution in [2.45, 2.75) is 24.9 Å². The van der Waals surface area contributed by atoms with Crippen LogP contribution in [0, 0.1) is 11.7 Å². The standard InChI is InChI=1S/C27H25ClFN5O2/c28-21-6-2-4-16-3-1-5-19(22(16)21)24-23(29)25-20(9-30-24)26(34-10-17-7-8-18(11-34)31-17)33-27(32-25)36-14-15-12-35-13-15/h1-6,9,15,17-18,31H,7-8,10-14H2. The highest BCUT2D eigenvalue weighted by molar-refractivity contribution is 6.36. The second-order valence-corrected chi connectivity index (χ2v) is 10.3. The summed E-state index contributed by atoms with van der Waals surface area (Å²) in [7, 11) is 0. The third-order valence-corrected chi connectivity index (χ3v) is 7.74. The Kier molecular flexibility index (Phi) is 5.41. The summed E-state index contributed by atoms with van der Waals surface area (Å²) < 4.78 is 27.5. The topological polar surface area (TPSA) is 72.4 Å². The molecule has 2 unspecified atom stereocenters. The zero-order valence-corrected chi connectivity index (χ0v) is 20.3. The smallest absolute Gasteiger partial charge is 0.319 e. The van der Waals surface area contributed by atoms with Crippen LogP contribution < -0.4 is 15.0 Å². The second-order valence-electron chi connectivity index (χ2n) is 9.91. The third-order valence-electron chi connectivity index (χ3n) is 7.42. The lowest BCUT2D eigenvalue weighted by Crippen LogP contribution is -2.51. The first-order chi connectivity index (χ1) is 17.6. The number of aromatic nitrogens is 3. The van der Waals surface area contributed by atoms with E-state index in [0.29, 0.717) is 59.6 Å². The van der Waals surface area contributed by atoms with Crippen molar-refractivity contribution in [3.63, 3.8) is 0 Å². The molecule has 1 N–H and O–H groups in total. The first-order valence-electron chi connectivity index (χ1n) is 12.4. The van der Waals surface area contributed by atoms with Crippen molar-refractivity contribution in [2.75, 3.05) is 37.8 Å². The van der Waals surface area contributed by atoms with E-state index in [9.17, 15) is 0 Å². The van der Waals surface area contributed by atoms with Gasteiger partial charge in [-0.25, -0.2) is 4.39 Å². The van der Waals surface area contributed by atoms with Crippen molar-refractivity contribution in [3.05, 3.63) is 53.4 Å². The van der Waals surface area contributed by atoms with Gasteiger partial charge in [-0.2, -0.15) is 9.97 Å². The van der Waals surface area contributed by atoms with Crippen molar-refractivity contribution < 1.29 is 13.9 Å². The molecule has 0 amide bonds. The SMILES string of the molecule is Fc1c(-c2cccc3cccc(Cl)c23)ncc2c(N3CC4CCC(C3)N4)nc(OCC3COC3)nc12. The van der Waals surface area contributed by atoms with Gasteiger partial charge in [-0.3, -0.25) is 4.98 Å². The molecule has 3 aliphatic heterocycles. The molecule has 2 aromatic heterocycles. The molecular weight excluding hydrogens is 481 g/mol. The number of fused-ring (bicyclic) bond motifs is 4. The molecule has 2 atom stereocenters. The number of rotatable bonds is 5. The number of hydrogen-bond acceptors (Lipinski definition) is 7. The van der Waals surface area contributed by atoms with Gasteiger partial charge in [0, 0.05) is 53.3 Å². The zero-order valence-electron chi connectivity index (χ0n) is 19.6. The van der Waals surface area contributed by atoms with Crippen LogP contribution in [-0.2, 0) is 4.74 Å². The van der Waals surface area contributed by atoms with Gasteiger partial charge in [0.05, 0.1) is 25.2 Å². The Bertz CT molecular complexity index is 1460. The van der Waals surface area contributed by atoms with E-state index in [2.05, 4.69) is 20.2 Å². The summed E-state index contributed by atoms with van der Waals surface area (Å²) in [6.45, 7) is 3.37. The monoisotopic (exact) mass is 505 g/mol. The van der Waals surface area contributed by atoms with Crippen LogP contribution in [0.1, 0.15) is 12.8 Å². The van der Waals surface area contributed by atoms with Crippen LogP contribution in [0.2, 0.25) is 5.02 Å². The summed E-state index contributed by atoms with van der Waals surface area (Å²) in [6, 6.07) is 12.3. The zero-order chi connectivity index (χ0) is 24.2. The maximum atomic E-state index is 16.3. The second kappa shape index (κ2) is 8.80. The first-order valence-corrected chi connectivity index (χ1v) is 12.8. The van der Waals surface area contributed by atoms with E-state index >= 15 is 4.39 Å². The van der Waals surface area contributed by atoms with Crippen LogP contribution in [0.15, 0.2) is 42.6 Å². The van der Waals surface area contributed by atoms with Crippen molar-refractivity contribution in [1.29, 1.82) is 0 Å². The summed E-state index contributed by atoms with van der Waals surface area (Å²) in [5.41, 5.74) is 1.05. The van der Waals surface area contributed by atoms with Gasteiger partial charge >= 0.3 is 6.01 Å². The Hall–Kier alpha value is -3.07. The number of nitrogens with zero attached hydrogens (tertiary/aromatic N) is 4. The molecule has 0 radical (unpaired) electrons. The van der Waals surface area contributed by atoms with Crippen LogP contribution >= 0.6 is 11.6 Å². The lowest BCUT2D eigenvalue weighted by Gasteiger charge is -2.34. The molecule has 7 rings (SSSR count). The lowest BCUT2D eigenvalue weighted by molar-refractivity contribution is -0.0520. The number of anilines is 1. The largest absolute Gasteiger partial charge is 0.463 e. The van der Waals surface area contributed by atoms with Crippen LogP contribution in [-0.4, -0.2) is 59.9 Å². The van der Waals surface area contributed by atoms with E-state index in [1.54, 1.807) is 12.3 Å². The number of benzene rings is 2. The van der Waals surface area contributed by atoms with Gasteiger partial charge in [-0.05, 0) is 24.3 Å². The molecule has 4 aromatic rings. The van der Waals surface area contributed by atoms with E-state index in [-0.39, 0.29) is 17.2 Å². The predicted molar refractivity (Wildman–Crippen MR) is 137 cm³/mol. The van der Waals surface area contributed by atoms with E-state index in [1.807, 2.05) is 30.3 Å². The summed E-state index contributed by atoms with van der Waals surface area (Å²) >= 11 is 6.54. The summed E-state index contributed by atoms with van der Waals surface area (Å²) in [4.78, 5) is 16.1. The van der Waals surface area contributed by atoms with Gasteiger partial charge in [0.25, 0.3) is 0 Å². The molecule has 0 spiro atoms. The van der Waals surface area contributed by atoms with Crippen molar-refractivity contribution in [2.24, 2.45) is 5.92 Å². The number of piperazine rings is 1. The number of hydrogen-bond donors (Lipinski definition) is 1. The molecule has 36 heavy (non-hydrogen) atoms. The Morgan fingerprint density at radius 2 is 1.86 bits per heavy atom. The van der Waals surface area contributed by atoms with Crippen LogP contribution in [0.4, 0.5) is 10.2 Å². The Labute approximate surface area is 212 Å². The fourth-order valence-corrected chi connectivity index (χ4v) is 5.83. The van der Waals surface area contributed by atoms with E-state index in [0.717, 1.165) is 36.7 Å². The van der Waals surface area contributed by atoms with E-state index in [1.165, 1.54) is 0 Å². The third kappa shape index (κ3) is 3.75. The molecule has 3 aliphatic rings. The van der Waals surface area contributed by atoms with Gasteiger partial charge < -0.3 is 19.7 Å². The molecule has 9 heteroatoms. The Balaban J connectivity index is 1.38. The molecule has 0 saturated carbocycles. The predicted octanol–water partition coefficient (Wildman–Crippen LogP) is 4.60. The van der Waals surface area contributed by atoms with E-state index < -0.39 is 5.82 Å².